The Kier molecular flexibility index (Phi) is 5.23. The van der Waals surface area contributed by atoms with Crippen molar-refractivity contribution in [3.8, 4) is 0 Å². The average molecular weight is 338 g/mol. The van der Waals surface area contributed by atoms with E-state index in [0.29, 0.717) is 12.2 Å². The van der Waals surface area contributed by atoms with Crippen molar-refractivity contribution >= 4 is 23.0 Å². The summed E-state index contributed by atoms with van der Waals surface area (Å²) >= 11 is 1.51. The molecular weight excluding hydrogens is 320 g/mol. The maximum absolute atomic E-state index is 10.8. The van der Waals surface area contributed by atoms with Gasteiger partial charge in [-0.05, 0) is 17.7 Å². The molecule has 4 nitrogen and oxygen atoms in total. The number of carboxylic acids is 1. The lowest BCUT2D eigenvalue weighted by Gasteiger charge is -2.24. The van der Waals surface area contributed by atoms with E-state index < -0.39 is 5.97 Å². The van der Waals surface area contributed by atoms with Crippen LogP contribution in [0.4, 0.5) is 5.69 Å². The number of rotatable bonds is 7. The second-order valence-electron chi connectivity index (χ2n) is 5.48. The molecule has 3 rings (SSSR count). The average Bonchev–Trinajstić information content (AvgIpc) is 3.02. The van der Waals surface area contributed by atoms with Crippen molar-refractivity contribution < 1.29 is 9.90 Å². The fourth-order valence-corrected chi connectivity index (χ4v) is 3.31. The summed E-state index contributed by atoms with van der Waals surface area (Å²) in [6.45, 7) is 1.43. The number of hydrogen-bond acceptors (Lipinski definition) is 4. The molecule has 0 aliphatic heterocycles. The maximum atomic E-state index is 10.8. The quantitative estimate of drug-likeness (QED) is 0.708. The molecule has 0 fully saturated rings. The molecule has 24 heavy (non-hydrogen) atoms. The van der Waals surface area contributed by atoms with Crippen molar-refractivity contribution in [3.05, 3.63) is 82.3 Å². The zero-order valence-corrected chi connectivity index (χ0v) is 13.9. The molecule has 1 N–H and O–H groups in total. The normalized spacial score (nSPS) is 10.5. The Morgan fingerprint density at radius 1 is 1.00 bits per heavy atom. The zero-order valence-electron chi connectivity index (χ0n) is 13.1. The molecule has 0 unspecified atom stereocenters. The third kappa shape index (κ3) is 4.43. The molecule has 0 spiro atoms. The molecule has 0 aliphatic carbocycles. The summed E-state index contributed by atoms with van der Waals surface area (Å²) in [5.74, 6) is -0.851. The van der Waals surface area contributed by atoms with Crippen molar-refractivity contribution in [2.75, 3.05) is 4.90 Å². The largest absolute Gasteiger partial charge is 0.481 e. The Hall–Kier alpha value is -2.66. The number of thiazole rings is 1. The third-order valence-electron chi connectivity index (χ3n) is 3.60. The van der Waals surface area contributed by atoms with E-state index >= 15 is 0 Å². The van der Waals surface area contributed by atoms with E-state index in [4.69, 9.17) is 5.11 Å². The Balaban J connectivity index is 1.79. The number of hydrogen-bond donors (Lipinski definition) is 1. The second kappa shape index (κ2) is 7.75. The summed E-state index contributed by atoms with van der Waals surface area (Å²) in [7, 11) is 0. The first-order valence-corrected chi connectivity index (χ1v) is 8.57. The number of carbonyl (C=O) groups is 1. The van der Waals surface area contributed by atoms with Gasteiger partial charge in [0.2, 0.25) is 0 Å². The van der Waals surface area contributed by atoms with E-state index in [9.17, 15) is 4.79 Å². The van der Waals surface area contributed by atoms with Gasteiger partial charge in [-0.25, -0.2) is 4.98 Å². The van der Waals surface area contributed by atoms with Crippen LogP contribution in [0.25, 0.3) is 0 Å². The predicted octanol–water partition coefficient (Wildman–Crippen LogP) is 3.98. The van der Waals surface area contributed by atoms with Crippen molar-refractivity contribution in [1.29, 1.82) is 0 Å². The minimum absolute atomic E-state index is 0.0273. The van der Waals surface area contributed by atoms with Crippen LogP contribution in [-0.2, 0) is 24.3 Å². The summed E-state index contributed by atoms with van der Waals surface area (Å²) < 4.78 is 0. The molecule has 5 heteroatoms. The summed E-state index contributed by atoms with van der Waals surface area (Å²) in [4.78, 5) is 17.5. The van der Waals surface area contributed by atoms with Gasteiger partial charge in [-0.3, -0.25) is 4.79 Å². The maximum Gasteiger partial charge on any atom is 0.309 e. The number of anilines is 1. The molecule has 1 heterocycles. The van der Waals surface area contributed by atoms with Crippen molar-refractivity contribution in [3.63, 3.8) is 0 Å². The molecule has 0 bridgehead atoms. The van der Waals surface area contributed by atoms with Gasteiger partial charge in [0.15, 0.2) is 0 Å². The van der Waals surface area contributed by atoms with Gasteiger partial charge in [0.1, 0.15) is 5.01 Å². The molecule has 0 atom stereocenters. The fraction of sp³-hybridized carbons (Fsp3) is 0.158. The number of aromatic nitrogens is 1. The minimum atomic E-state index is -0.851. The van der Waals surface area contributed by atoms with E-state index in [1.165, 1.54) is 16.9 Å². The van der Waals surface area contributed by atoms with Gasteiger partial charge in [0.05, 0.1) is 18.7 Å². The molecule has 0 saturated carbocycles. The number of para-hydroxylation sites is 1. The summed E-state index contributed by atoms with van der Waals surface area (Å²) in [6, 6.07) is 20.5. The Morgan fingerprint density at radius 2 is 1.67 bits per heavy atom. The Labute approximate surface area is 145 Å². The molecule has 1 aromatic heterocycles. The van der Waals surface area contributed by atoms with Crippen LogP contribution in [0.1, 0.15) is 16.3 Å². The summed E-state index contributed by atoms with van der Waals surface area (Å²) in [6.07, 6.45) is -0.0273. The smallest absolute Gasteiger partial charge is 0.309 e. The first-order chi connectivity index (χ1) is 11.7. The predicted molar refractivity (Wildman–Crippen MR) is 96.2 cm³/mol. The second-order valence-corrected chi connectivity index (χ2v) is 6.42. The van der Waals surface area contributed by atoms with E-state index in [1.807, 2.05) is 41.8 Å². The third-order valence-corrected chi connectivity index (χ3v) is 4.48. The van der Waals surface area contributed by atoms with Crippen molar-refractivity contribution in [2.24, 2.45) is 0 Å². The molecule has 2 aromatic carbocycles. The molecule has 0 amide bonds. The summed E-state index contributed by atoms with van der Waals surface area (Å²) in [5, 5.41) is 11.6. The number of benzene rings is 2. The fourth-order valence-electron chi connectivity index (χ4n) is 2.50. The van der Waals surface area contributed by atoms with Crippen LogP contribution in [0.5, 0.6) is 0 Å². The highest BCUT2D eigenvalue weighted by Crippen LogP contribution is 2.21. The van der Waals surface area contributed by atoms with E-state index in [-0.39, 0.29) is 6.42 Å². The van der Waals surface area contributed by atoms with Crippen LogP contribution < -0.4 is 4.90 Å². The van der Waals surface area contributed by atoms with Gasteiger partial charge < -0.3 is 10.0 Å². The Bertz CT molecular complexity index is 787. The van der Waals surface area contributed by atoms with Gasteiger partial charge in [-0.1, -0.05) is 48.5 Å². The lowest BCUT2D eigenvalue weighted by Crippen LogP contribution is -2.22. The molecule has 0 aliphatic rings. The van der Waals surface area contributed by atoms with Gasteiger partial charge in [0, 0.05) is 17.6 Å². The number of nitrogens with zero attached hydrogens (tertiary/aromatic N) is 2. The molecule has 0 radical (unpaired) electrons. The number of carboxylic acid groups (broad SMARTS) is 1. The van der Waals surface area contributed by atoms with E-state index in [2.05, 4.69) is 34.1 Å². The highest BCUT2D eigenvalue weighted by atomic mass is 32.1. The molecule has 122 valence electrons. The van der Waals surface area contributed by atoms with Crippen LogP contribution in [0, 0.1) is 0 Å². The lowest BCUT2D eigenvalue weighted by molar-refractivity contribution is -0.136. The zero-order chi connectivity index (χ0) is 16.8. The SMILES string of the molecule is O=C(O)Cc1csc(CN(Cc2ccccc2)c2ccccc2)n1. The van der Waals surface area contributed by atoms with Crippen molar-refractivity contribution in [2.45, 2.75) is 19.5 Å². The number of aliphatic carboxylic acids is 1. The van der Waals surface area contributed by atoms with E-state index in [0.717, 1.165) is 17.2 Å². The first kappa shape index (κ1) is 16.2. The van der Waals surface area contributed by atoms with Crippen LogP contribution in [-0.4, -0.2) is 16.1 Å². The lowest BCUT2D eigenvalue weighted by atomic mass is 10.2. The standard InChI is InChI=1S/C19H18N2O2S/c22-19(23)11-16-14-24-18(20-16)13-21(17-9-5-2-6-10-17)12-15-7-3-1-4-8-15/h1-10,14H,11-13H2,(H,22,23). The van der Waals surface area contributed by atoms with Gasteiger partial charge in [0.25, 0.3) is 0 Å². The van der Waals surface area contributed by atoms with Crippen molar-refractivity contribution in [1.82, 2.24) is 4.98 Å². The van der Waals surface area contributed by atoms with Gasteiger partial charge in [-0.15, -0.1) is 11.3 Å². The topological polar surface area (TPSA) is 53.4 Å². The minimum Gasteiger partial charge on any atom is -0.481 e. The van der Waals surface area contributed by atoms with Gasteiger partial charge >= 0.3 is 5.97 Å². The van der Waals surface area contributed by atoms with Gasteiger partial charge in [-0.2, -0.15) is 0 Å². The van der Waals surface area contributed by atoms with Crippen LogP contribution in [0.3, 0.4) is 0 Å². The monoisotopic (exact) mass is 338 g/mol. The first-order valence-electron chi connectivity index (χ1n) is 7.70. The van der Waals surface area contributed by atoms with Crippen LogP contribution in [0.15, 0.2) is 66.0 Å². The molecule has 3 aromatic rings. The van der Waals surface area contributed by atoms with E-state index in [1.54, 1.807) is 0 Å². The van der Waals surface area contributed by atoms with Crippen LogP contribution in [0.2, 0.25) is 0 Å². The Morgan fingerprint density at radius 3 is 2.33 bits per heavy atom. The molecular formula is C19H18N2O2S. The summed E-state index contributed by atoms with van der Waals surface area (Å²) in [5.41, 5.74) is 2.97. The van der Waals surface area contributed by atoms with Crippen LogP contribution >= 0.6 is 11.3 Å². The molecule has 0 saturated heterocycles. The highest BCUT2D eigenvalue weighted by molar-refractivity contribution is 7.09. The highest BCUT2D eigenvalue weighted by Gasteiger charge is 2.12.